The van der Waals surface area contributed by atoms with Crippen molar-refractivity contribution in [1.29, 1.82) is 0 Å². The Morgan fingerprint density at radius 2 is 2.17 bits per heavy atom. The molecule has 0 atom stereocenters. The highest BCUT2D eigenvalue weighted by atomic mass is 32.1. The van der Waals surface area contributed by atoms with Gasteiger partial charge in [0.05, 0.1) is 10.3 Å². The van der Waals surface area contributed by atoms with Crippen LogP contribution in [-0.2, 0) is 13.6 Å². The van der Waals surface area contributed by atoms with Crippen molar-refractivity contribution in [2.24, 2.45) is 12.8 Å². The number of aryl methyl sites for hydroxylation is 1. The Hall–Kier alpha value is -1.99. The molecular formula is C11H12N6S. The summed E-state index contributed by atoms with van der Waals surface area (Å²) in [6, 6.07) is 4.00. The van der Waals surface area contributed by atoms with Crippen LogP contribution in [-0.4, -0.2) is 19.7 Å². The third-order valence-electron chi connectivity index (χ3n) is 2.75. The maximum absolute atomic E-state index is 5.92. The third kappa shape index (κ3) is 1.56. The maximum Gasteiger partial charge on any atom is 0.163 e. The molecule has 18 heavy (non-hydrogen) atoms. The quantitative estimate of drug-likeness (QED) is 0.720. The molecule has 0 amide bonds. The molecule has 0 aliphatic rings. The summed E-state index contributed by atoms with van der Waals surface area (Å²) in [5, 5.41) is 5.27. The molecule has 0 fully saturated rings. The molecule has 0 aliphatic carbocycles. The van der Waals surface area contributed by atoms with Crippen LogP contribution < -0.4 is 11.5 Å². The highest BCUT2D eigenvalue weighted by Gasteiger charge is 2.16. The number of hydrogen-bond donors (Lipinski definition) is 2. The van der Waals surface area contributed by atoms with E-state index in [1.165, 1.54) is 6.33 Å². The summed E-state index contributed by atoms with van der Waals surface area (Å²) >= 11 is 1.61. The van der Waals surface area contributed by atoms with Crippen LogP contribution in [0.1, 0.15) is 4.88 Å². The van der Waals surface area contributed by atoms with Crippen molar-refractivity contribution in [3.05, 3.63) is 23.3 Å². The molecule has 3 heterocycles. The van der Waals surface area contributed by atoms with Crippen molar-refractivity contribution >= 4 is 28.2 Å². The summed E-state index contributed by atoms with van der Waals surface area (Å²) in [6.45, 7) is 0.529. The Kier molecular flexibility index (Phi) is 2.49. The zero-order chi connectivity index (χ0) is 12.7. The first-order valence-corrected chi connectivity index (χ1v) is 6.24. The van der Waals surface area contributed by atoms with Crippen molar-refractivity contribution in [2.75, 3.05) is 5.73 Å². The molecule has 0 unspecified atom stereocenters. The van der Waals surface area contributed by atoms with Gasteiger partial charge in [0.2, 0.25) is 0 Å². The van der Waals surface area contributed by atoms with Gasteiger partial charge in [0, 0.05) is 18.5 Å². The van der Waals surface area contributed by atoms with E-state index in [4.69, 9.17) is 11.5 Å². The zero-order valence-corrected chi connectivity index (χ0v) is 10.6. The first-order chi connectivity index (χ1) is 8.70. The summed E-state index contributed by atoms with van der Waals surface area (Å²) in [5.74, 6) is 0.450. The van der Waals surface area contributed by atoms with Crippen LogP contribution in [0.2, 0.25) is 0 Å². The van der Waals surface area contributed by atoms with E-state index < -0.39 is 0 Å². The number of rotatable bonds is 2. The first-order valence-electron chi connectivity index (χ1n) is 5.43. The minimum absolute atomic E-state index is 0.450. The van der Waals surface area contributed by atoms with Gasteiger partial charge in [-0.3, -0.25) is 0 Å². The van der Waals surface area contributed by atoms with Gasteiger partial charge in [-0.2, -0.15) is 5.10 Å². The topological polar surface area (TPSA) is 95.6 Å². The lowest BCUT2D eigenvalue weighted by Crippen LogP contribution is -1.95. The fourth-order valence-electron chi connectivity index (χ4n) is 1.90. The standard InChI is InChI=1S/C11H12N6S/c1-17-11-8(10(13)14-5-15-11)9(16-17)7-3-2-6(4-12)18-7/h2-3,5H,4,12H2,1H3,(H2,13,14,15). The molecule has 4 N–H and O–H groups in total. The monoisotopic (exact) mass is 260 g/mol. The Morgan fingerprint density at radius 3 is 2.89 bits per heavy atom. The predicted molar refractivity (Wildman–Crippen MR) is 71.9 cm³/mol. The van der Waals surface area contributed by atoms with Gasteiger partial charge in [-0.25, -0.2) is 14.6 Å². The maximum atomic E-state index is 5.92. The second-order valence-corrected chi connectivity index (χ2v) is 5.07. The van der Waals surface area contributed by atoms with E-state index in [-0.39, 0.29) is 0 Å². The first kappa shape index (κ1) is 11.1. The zero-order valence-electron chi connectivity index (χ0n) is 9.79. The van der Waals surface area contributed by atoms with Gasteiger partial charge < -0.3 is 11.5 Å². The molecule has 3 rings (SSSR count). The van der Waals surface area contributed by atoms with Crippen molar-refractivity contribution in [1.82, 2.24) is 19.7 Å². The van der Waals surface area contributed by atoms with E-state index >= 15 is 0 Å². The van der Waals surface area contributed by atoms with Gasteiger partial charge in [-0.1, -0.05) is 0 Å². The van der Waals surface area contributed by atoms with Gasteiger partial charge in [0.1, 0.15) is 17.8 Å². The van der Waals surface area contributed by atoms with Gasteiger partial charge in [0.15, 0.2) is 5.65 Å². The lowest BCUT2D eigenvalue weighted by Gasteiger charge is -1.96. The second kappa shape index (κ2) is 4.04. The van der Waals surface area contributed by atoms with Crippen molar-refractivity contribution in [2.45, 2.75) is 6.54 Å². The Labute approximate surface area is 107 Å². The van der Waals surface area contributed by atoms with Gasteiger partial charge in [-0.15, -0.1) is 11.3 Å². The molecule has 3 aromatic heterocycles. The molecule has 0 aromatic carbocycles. The number of aromatic nitrogens is 4. The second-order valence-electron chi connectivity index (χ2n) is 3.90. The normalized spacial score (nSPS) is 11.2. The molecule has 3 aromatic rings. The SMILES string of the molecule is Cn1nc(-c2ccc(CN)s2)c2c(N)ncnc21. The number of fused-ring (bicyclic) bond motifs is 1. The molecule has 0 saturated heterocycles. The number of nitrogen functional groups attached to an aromatic ring is 1. The predicted octanol–water partition coefficient (Wildman–Crippen LogP) is 1.13. The van der Waals surface area contributed by atoms with Gasteiger partial charge >= 0.3 is 0 Å². The van der Waals surface area contributed by atoms with E-state index in [0.717, 1.165) is 26.5 Å². The molecule has 92 valence electrons. The average molecular weight is 260 g/mol. The minimum Gasteiger partial charge on any atom is -0.383 e. The fourth-order valence-corrected chi connectivity index (χ4v) is 2.77. The summed E-state index contributed by atoms with van der Waals surface area (Å²) in [5.41, 5.74) is 13.1. The minimum atomic E-state index is 0.450. The molecule has 0 aliphatic heterocycles. The van der Waals surface area contributed by atoms with E-state index in [2.05, 4.69) is 15.1 Å². The van der Waals surface area contributed by atoms with E-state index in [9.17, 15) is 0 Å². The molecule has 0 saturated carbocycles. The van der Waals surface area contributed by atoms with Crippen LogP contribution in [0.15, 0.2) is 18.5 Å². The summed E-state index contributed by atoms with van der Waals surface area (Å²) in [4.78, 5) is 10.4. The smallest absolute Gasteiger partial charge is 0.163 e. The van der Waals surface area contributed by atoms with Crippen molar-refractivity contribution < 1.29 is 0 Å². The summed E-state index contributed by atoms with van der Waals surface area (Å²) in [7, 11) is 1.84. The van der Waals surface area contributed by atoms with Crippen LogP contribution >= 0.6 is 11.3 Å². The van der Waals surface area contributed by atoms with Crippen LogP contribution in [0, 0.1) is 0 Å². The summed E-state index contributed by atoms with van der Waals surface area (Å²) in [6.07, 6.45) is 1.45. The van der Waals surface area contributed by atoms with Crippen LogP contribution in [0.25, 0.3) is 21.6 Å². The Morgan fingerprint density at radius 1 is 1.33 bits per heavy atom. The molecule has 0 radical (unpaired) electrons. The lowest BCUT2D eigenvalue weighted by molar-refractivity contribution is 0.789. The van der Waals surface area contributed by atoms with E-state index in [1.54, 1.807) is 16.0 Å². The van der Waals surface area contributed by atoms with Crippen LogP contribution in [0.4, 0.5) is 5.82 Å². The average Bonchev–Trinajstić information content (AvgIpc) is 2.95. The molecule has 0 spiro atoms. The highest BCUT2D eigenvalue weighted by molar-refractivity contribution is 7.15. The molecule has 6 nitrogen and oxygen atoms in total. The highest BCUT2D eigenvalue weighted by Crippen LogP contribution is 2.33. The van der Waals surface area contributed by atoms with Crippen molar-refractivity contribution in [3.8, 4) is 10.6 Å². The molecular weight excluding hydrogens is 248 g/mol. The number of nitrogens with two attached hydrogens (primary N) is 2. The number of anilines is 1. The Balaban J connectivity index is 2.29. The van der Waals surface area contributed by atoms with E-state index in [0.29, 0.717) is 12.4 Å². The largest absolute Gasteiger partial charge is 0.383 e. The third-order valence-corrected chi connectivity index (χ3v) is 3.86. The number of hydrogen-bond acceptors (Lipinski definition) is 6. The number of nitrogens with zero attached hydrogens (tertiary/aromatic N) is 4. The van der Waals surface area contributed by atoms with Gasteiger partial charge in [-0.05, 0) is 12.1 Å². The van der Waals surface area contributed by atoms with Crippen molar-refractivity contribution in [3.63, 3.8) is 0 Å². The van der Waals surface area contributed by atoms with Crippen LogP contribution in [0.3, 0.4) is 0 Å². The molecule has 7 heteroatoms. The Bertz CT molecular complexity index is 713. The number of thiophene rings is 1. The molecule has 0 bridgehead atoms. The summed E-state index contributed by atoms with van der Waals surface area (Å²) < 4.78 is 1.71. The van der Waals surface area contributed by atoms with Gasteiger partial charge in [0.25, 0.3) is 0 Å². The van der Waals surface area contributed by atoms with Crippen LogP contribution in [0.5, 0.6) is 0 Å². The fraction of sp³-hybridized carbons (Fsp3) is 0.182. The lowest BCUT2D eigenvalue weighted by atomic mass is 10.2. The van der Waals surface area contributed by atoms with E-state index in [1.807, 2.05) is 19.2 Å².